The maximum atomic E-state index is 11.5. The molecule has 0 aromatic carbocycles. The fraction of sp³-hybridized carbons (Fsp3) is 0.909. The summed E-state index contributed by atoms with van der Waals surface area (Å²) in [5, 5.41) is 0. The van der Waals surface area contributed by atoms with Gasteiger partial charge in [0.1, 0.15) is 5.78 Å². The molecule has 1 aliphatic heterocycles. The Bertz CT molecular complexity index is 223. The minimum atomic E-state index is 0.297. The molecule has 3 heteroatoms. The van der Waals surface area contributed by atoms with Gasteiger partial charge in [-0.3, -0.25) is 4.79 Å². The van der Waals surface area contributed by atoms with Gasteiger partial charge in [0.05, 0.1) is 4.58 Å². The number of ketones is 1. The van der Waals surface area contributed by atoms with Crippen LogP contribution in [0.1, 0.15) is 39.0 Å². The van der Waals surface area contributed by atoms with E-state index in [9.17, 15) is 4.79 Å². The van der Waals surface area contributed by atoms with E-state index < -0.39 is 0 Å². The molecule has 2 aliphatic rings. The highest BCUT2D eigenvalue weighted by molar-refractivity contribution is 8.17. The Morgan fingerprint density at radius 1 is 1.29 bits per heavy atom. The van der Waals surface area contributed by atoms with Crippen LogP contribution in [0.2, 0.25) is 0 Å². The standard InChI is InChI=1S/C11H18OS2/c1-11(5-2-4-9(12)8-11)10-13-6-3-7-14-10/h10H,2-8H2,1H3. The molecule has 0 radical (unpaired) electrons. The van der Waals surface area contributed by atoms with E-state index in [1.807, 2.05) is 0 Å². The van der Waals surface area contributed by atoms with Gasteiger partial charge in [-0.25, -0.2) is 0 Å². The fourth-order valence-electron chi connectivity index (χ4n) is 2.41. The third-order valence-electron chi connectivity index (χ3n) is 3.20. The molecule has 1 saturated heterocycles. The molecule has 14 heavy (non-hydrogen) atoms. The highest BCUT2D eigenvalue weighted by Gasteiger charge is 2.39. The van der Waals surface area contributed by atoms with Crippen LogP contribution in [0.25, 0.3) is 0 Å². The lowest BCUT2D eigenvalue weighted by atomic mass is 9.76. The highest BCUT2D eigenvalue weighted by Crippen LogP contribution is 2.49. The lowest BCUT2D eigenvalue weighted by Crippen LogP contribution is -2.35. The van der Waals surface area contributed by atoms with Gasteiger partial charge in [0.25, 0.3) is 0 Å². The summed E-state index contributed by atoms with van der Waals surface area (Å²) >= 11 is 4.16. The zero-order valence-corrected chi connectivity index (χ0v) is 10.4. The molecule has 1 saturated carbocycles. The molecule has 2 fully saturated rings. The summed E-state index contributed by atoms with van der Waals surface area (Å²) in [6.45, 7) is 2.32. The van der Waals surface area contributed by atoms with E-state index in [0.717, 1.165) is 19.3 Å². The van der Waals surface area contributed by atoms with Crippen LogP contribution in [0.3, 0.4) is 0 Å². The Morgan fingerprint density at radius 2 is 2.00 bits per heavy atom. The molecule has 1 aliphatic carbocycles. The van der Waals surface area contributed by atoms with Crippen molar-refractivity contribution in [2.45, 2.75) is 43.6 Å². The van der Waals surface area contributed by atoms with Crippen molar-refractivity contribution in [1.29, 1.82) is 0 Å². The number of Topliss-reactive ketones (excluding diaryl/α,β-unsaturated/α-hetero) is 1. The van der Waals surface area contributed by atoms with Crippen molar-refractivity contribution in [2.24, 2.45) is 5.41 Å². The molecule has 0 spiro atoms. The van der Waals surface area contributed by atoms with E-state index in [1.54, 1.807) is 0 Å². The summed E-state index contributed by atoms with van der Waals surface area (Å²) in [7, 11) is 0. The average molecular weight is 230 g/mol. The van der Waals surface area contributed by atoms with Crippen LogP contribution in [0.4, 0.5) is 0 Å². The van der Waals surface area contributed by atoms with Crippen LogP contribution in [-0.2, 0) is 4.79 Å². The molecule has 80 valence electrons. The van der Waals surface area contributed by atoms with Crippen LogP contribution < -0.4 is 0 Å². The second-order valence-electron chi connectivity index (χ2n) is 4.65. The van der Waals surface area contributed by atoms with Gasteiger partial charge in [-0.05, 0) is 36.2 Å². The topological polar surface area (TPSA) is 17.1 Å². The Labute approximate surface area is 94.8 Å². The second kappa shape index (κ2) is 4.48. The van der Waals surface area contributed by atoms with Crippen LogP contribution in [0.15, 0.2) is 0 Å². The van der Waals surface area contributed by atoms with Crippen LogP contribution in [0.5, 0.6) is 0 Å². The molecule has 1 heterocycles. The Morgan fingerprint density at radius 3 is 2.64 bits per heavy atom. The quantitative estimate of drug-likeness (QED) is 0.688. The maximum absolute atomic E-state index is 11.5. The van der Waals surface area contributed by atoms with Crippen LogP contribution in [-0.4, -0.2) is 21.9 Å². The largest absolute Gasteiger partial charge is 0.300 e. The van der Waals surface area contributed by atoms with Crippen molar-refractivity contribution in [2.75, 3.05) is 11.5 Å². The first-order valence-corrected chi connectivity index (χ1v) is 7.55. The summed E-state index contributed by atoms with van der Waals surface area (Å²) in [6.07, 6.45) is 5.38. The van der Waals surface area contributed by atoms with Crippen molar-refractivity contribution in [1.82, 2.24) is 0 Å². The van der Waals surface area contributed by atoms with Gasteiger partial charge < -0.3 is 0 Å². The van der Waals surface area contributed by atoms with E-state index in [-0.39, 0.29) is 0 Å². The zero-order chi connectivity index (χ0) is 10.0. The molecular weight excluding hydrogens is 212 g/mol. The van der Waals surface area contributed by atoms with Gasteiger partial charge >= 0.3 is 0 Å². The predicted molar refractivity (Wildman–Crippen MR) is 64.9 cm³/mol. The molecule has 1 nitrogen and oxygen atoms in total. The number of hydrogen-bond donors (Lipinski definition) is 0. The molecule has 1 unspecified atom stereocenters. The monoisotopic (exact) mass is 230 g/mol. The van der Waals surface area contributed by atoms with Crippen LogP contribution >= 0.6 is 23.5 Å². The molecule has 2 rings (SSSR count). The minimum absolute atomic E-state index is 0.297. The zero-order valence-electron chi connectivity index (χ0n) is 8.75. The summed E-state index contributed by atoms with van der Waals surface area (Å²) in [4.78, 5) is 11.5. The van der Waals surface area contributed by atoms with E-state index in [2.05, 4.69) is 30.4 Å². The third kappa shape index (κ3) is 2.30. The molecule has 0 N–H and O–H groups in total. The van der Waals surface area contributed by atoms with E-state index in [4.69, 9.17) is 0 Å². The van der Waals surface area contributed by atoms with Gasteiger partial charge in [0, 0.05) is 12.8 Å². The number of thioether (sulfide) groups is 2. The van der Waals surface area contributed by atoms with Gasteiger partial charge in [-0.2, -0.15) is 0 Å². The second-order valence-corrected chi connectivity index (χ2v) is 7.37. The number of hydrogen-bond acceptors (Lipinski definition) is 3. The Kier molecular flexibility index (Phi) is 3.48. The van der Waals surface area contributed by atoms with Crippen LogP contribution in [0, 0.1) is 5.41 Å². The van der Waals surface area contributed by atoms with Gasteiger partial charge in [-0.15, -0.1) is 23.5 Å². The summed E-state index contributed by atoms with van der Waals surface area (Å²) in [5.74, 6) is 3.08. The van der Waals surface area contributed by atoms with Gasteiger partial charge in [0.15, 0.2) is 0 Å². The molecule has 0 amide bonds. The SMILES string of the molecule is CC1(C2SCCCS2)CCCC(=O)C1. The number of rotatable bonds is 1. The van der Waals surface area contributed by atoms with Crippen molar-refractivity contribution in [3.8, 4) is 0 Å². The fourth-order valence-corrected chi connectivity index (χ4v) is 5.81. The summed E-state index contributed by atoms with van der Waals surface area (Å²) in [5.41, 5.74) is 0.297. The molecular formula is C11H18OS2. The van der Waals surface area contributed by atoms with Gasteiger partial charge in [-0.1, -0.05) is 6.92 Å². The molecule has 0 aromatic heterocycles. The van der Waals surface area contributed by atoms with Gasteiger partial charge in [0.2, 0.25) is 0 Å². The lowest BCUT2D eigenvalue weighted by molar-refractivity contribution is -0.123. The number of carbonyl (C=O) groups is 1. The normalized spacial score (nSPS) is 35.9. The number of carbonyl (C=O) groups excluding carboxylic acids is 1. The van der Waals surface area contributed by atoms with Crippen molar-refractivity contribution < 1.29 is 4.79 Å². The smallest absolute Gasteiger partial charge is 0.133 e. The third-order valence-corrected chi connectivity index (χ3v) is 6.81. The highest BCUT2D eigenvalue weighted by atomic mass is 32.2. The first-order chi connectivity index (χ1) is 6.71. The van der Waals surface area contributed by atoms with E-state index >= 15 is 0 Å². The molecule has 1 atom stereocenters. The Balaban J connectivity index is 2.01. The Hall–Kier alpha value is 0.370. The average Bonchev–Trinajstić information content (AvgIpc) is 2.19. The lowest BCUT2D eigenvalue weighted by Gasteiger charge is -2.40. The van der Waals surface area contributed by atoms with E-state index in [1.165, 1.54) is 24.3 Å². The molecule has 0 bridgehead atoms. The maximum Gasteiger partial charge on any atom is 0.133 e. The minimum Gasteiger partial charge on any atom is -0.300 e. The summed E-state index contributed by atoms with van der Waals surface area (Å²) < 4.78 is 0.681. The van der Waals surface area contributed by atoms with Crippen molar-refractivity contribution in [3.05, 3.63) is 0 Å². The van der Waals surface area contributed by atoms with Crippen molar-refractivity contribution >= 4 is 29.3 Å². The summed E-state index contributed by atoms with van der Waals surface area (Å²) in [6, 6.07) is 0. The first-order valence-electron chi connectivity index (χ1n) is 5.46. The van der Waals surface area contributed by atoms with E-state index in [0.29, 0.717) is 15.8 Å². The predicted octanol–water partition coefficient (Wildman–Crippen LogP) is 3.33. The first kappa shape index (κ1) is 10.9. The van der Waals surface area contributed by atoms with Crippen molar-refractivity contribution in [3.63, 3.8) is 0 Å². The molecule has 0 aromatic rings.